The van der Waals surface area contributed by atoms with E-state index in [1.165, 1.54) is 5.00 Å². The lowest BCUT2D eigenvalue weighted by Crippen LogP contribution is -2.52. The van der Waals surface area contributed by atoms with Gasteiger partial charge in [-0.3, -0.25) is 0 Å². The smallest absolute Gasteiger partial charge is 0.216 e. The number of nitrogens with zero attached hydrogens (tertiary/aromatic N) is 4. The summed E-state index contributed by atoms with van der Waals surface area (Å²) in [5.41, 5.74) is 1.03. The second-order valence-corrected chi connectivity index (χ2v) is 7.51. The maximum Gasteiger partial charge on any atom is 0.216 e. The lowest BCUT2D eigenvalue weighted by Gasteiger charge is -2.37. The highest BCUT2D eigenvalue weighted by Crippen LogP contribution is 2.23. The van der Waals surface area contributed by atoms with Crippen molar-refractivity contribution in [3.63, 3.8) is 0 Å². The molecule has 1 aliphatic heterocycles. The van der Waals surface area contributed by atoms with Crippen LogP contribution >= 0.6 is 35.3 Å². The van der Waals surface area contributed by atoms with E-state index in [1.54, 1.807) is 17.5 Å². The van der Waals surface area contributed by atoms with Crippen molar-refractivity contribution in [2.75, 3.05) is 37.6 Å². The average molecular weight is 523 g/mol. The predicted molar refractivity (Wildman–Crippen MR) is 130 cm³/mol. The predicted octanol–water partition coefficient (Wildman–Crippen LogP) is 4.31. The Bertz CT molecular complexity index is 889. The van der Waals surface area contributed by atoms with Crippen LogP contribution in [0.1, 0.15) is 12.8 Å². The third-order valence-electron chi connectivity index (χ3n) is 4.71. The Balaban J connectivity index is 0.00000240. The summed E-state index contributed by atoms with van der Waals surface area (Å²) in [6, 6.07) is 14.3. The standard InChI is InChI=1S/C21H25N5OS.HI/c1-2-22-21(26-12-10-25(11-13-26)20-9-6-14-28-20)24-16-19-23-15-18(27-19)17-7-4-3-5-8-17;/h3-9,14-15H,2,10-13,16H2,1H3,(H,22,24);1H. The second-order valence-electron chi connectivity index (χ2n) is 6.58. The van der Waals surface area contributed by atoms with Gasteiger partial charge in [0.25, 0.3) is 0 Å². The maximum atomic E-state index is 5.88. The summed E-state index contributed by atoms with van der Waals surface area (Å²) in [5.74, 6) is 2.33. The Kier molecular flexibility index (Phi) is 7.93. The van der Waals surface area contributed by atoms with E-state index in [9.17, 15) is 0 Å². The van der Waals surface area contributed by atoms with Crippen molar-refractivity contribution in [3.8, 4) is 11.3 Å². The topological polar surface area (TPSA) is 56.9 Å². The molecule has 0 radical (unpaired) electrons. The molecule has 3 aromatic rings. The van der Waals surface area contributed by atoms with Gasteiger partial charge in [0.1, 0.15) is 6.54 Å². The van der Waals surface area contributed by atoms with Crippen LogP contribution in [0.5, 0.6) is 0 Å². The molecule has 0 aliphatic carbocycles. The van der Waals surface area contributed by atoms with Crippen molar-refractivity contribution in [2.45, 2.75) is 13.5 Å². The Labute approximate surface area is 192 Å². The van der Waals surface area contributed by atoms with Gasteiger partial charge in [0.15, 0.2) is 11.7 Å². The van der Waals surface area contributed by atoms with E-state index in [-0.39, 0.29) is 24.0 Å². The number of guanidine groups is 1. The molecule has 0 unspecified atom stereocenters. The van der Waals surface area contributed by atoms with E-state index in [0.29, 0.717) is 12.4 Å². The molecule has 1 fully saturated rings. The van der Waals surface area contributed by atoms with Gasteiger partial charge in [-0.05, 0) is 24.4 Å². The number of aromatic nitrogens is 1. The van der Waals surface area contributed by atoms with Crippen LogP contribution in [0.3, 0.4) is 0 Å². The lowest BCUT2D eigenvalue weighted by molar-refractivity contribution is 0.372. The van der Waals surface area contributed by atoms with Crippen molar-refractivity contribution >= 4 is 46.3 Å². The highest BCUT2D eigenvalue weighted by molar-refractivity contribution is 14.0. The van der Waals surface area contributed by atoms with Crippen LogP contribution in [0.25, 0.3) is 11.3 Å². The first-order chi connectivity index (χ1) is 13.8. The summed E-state index contributed by atoms with van der Waals surface area (Å²) in [5, 5.41) is 6.88. The molecule has 8 heteroatoms. The van der Waals surface area contributed by atoms with Crippen LogP contribution in [0, 0.1) is 0 Å². The molecule has 0 bridgehead atoms. The van der Waals surface area contributed by atoms with Gasteiger partial charge < -0.3 is 19.5 Å². The summed E-state index contributed by atoms with van der Waals surface area (Å²) in [4.78, 5) is 13.9. The minimum Gasteiger partial charge on any atom is -0.439 e. The third-order valence-corrected chi connectivity index (χ3v) is 5.64. The van der Waals surface area contributed by atoms with Gasteiger partial charge in [0.2, 0.25) is 5.89 Å². The number of oxazole rings is 1. The molecule has 29 heavy (non-hydrogen) atoms. The molecule has 4 rings (SSSR count). The number of anilines is 1. The van der Waals surface area contributed by atoms with Gasteiger partial charge in [-0.15, -0.1) is 35.3 Å². The summed E-state index contributed by atoms with van der Waals surface area (Å²) in [6.45, 7) is 7.26. The Hall–Kier alpha value is -2.07. The number of rotatable bonds is 5. The van der Waals surface area contributed by atoms with E-state index in [1.807, 2.05) is 30.3 Å². The molecule has 1 aromatic carbocycles. The summed E-state index contributed by atoms with van der Waals surface area (Å²) >= 11 is 1.80. The van der Waals surface area contributed by atoms with Crippen LogP contribution in [0.15, 0.2) is 63.5 Å². The highest BCUT2D eigenvalue weighted by atomic mass is 127. The Morgan fingerprint density at radius 1 is 1.14 bits per heavy atom. The van der Waals surface area contributed by atoms with Crippen molar-refractivity contribution < 1.29 is 4.42 Å². The molecule has 154 valence electrons. The second kappa shape index (κ2) is 10.6. The van der Waals surface area contributed by atoms with Crippen LogP contribution in [0.2, 0.25) is 0 Å². The first-order valence-electron chi connectivity index (χ1n) is 9.65. The highest BCUT2D eigenvalue weighted by Gasteiger charge is 2.20. The molecule has 6 nitrogen and oxygen atoms in total. The number of thiophene rings is 1. The molecular weight excluding hydrogens is 497 g/mol. The number of benzene rings is 1. The summed E-state index contributed by atoms with van der Waals surface area (Å²) < 4.78 is 5.88. The first-order valence-corrected chi connectivity index (χ1v) is 10.5. The number of hydrogen-bond donors (Lipinski definition) is 1. The summed E-state index contributed by atoms with van der Waals surface area (Å²) in [6.07, 6.45) is 1.77. The zero-order valence-corrected chi connectivity index (χ0v) is 19.6. The Morgan fingerprint density at radius 3 is 2.62 bits per heavy atom. The monoisotopic (exact) mass is 523 g/mol. The van der Waals surface area contributed by atoms with Gasteiger partial charge in [-0.25, -0.2) is 9.98 Å². The quantitative estimate of drug-likeness (QED) is 0.307. The summed E-state index contributed by atoms with van der Waals surface area (Å²) in [7, 11) is 0. The third kappa shape index (κ3) is 5.51. The van der Waals surface area contributed by atoms with E-state index in [4.69, 9.17) is 9.41 Å². The molecule has 0 saturated carbocycles. The van der Waals surface area contributed by atoms with Crippen LogP contribution < -0.4 is 10.2 Å². The fraction of sp³-hybridized carbons (Fsp3) is 0.333. The molecule has 1 N–H and O–H groups in total. The number of hydrogen-bond acceptors (Lipinski definition) is 5. The van der Waals surface area contributed by atoms with Crippen molar-refractivity contribution in [1.82, 2.24) is 15.2 Å². The molecule has 2 aromatic heterocycles. The molecular formula is C21H26IN5OS. The number of halogens is 1. The molecule has 0 spiro atoms. The Morgan fingerprint density at radius 2 is 1.93 bits per heavy atom. The van der Waals surface area contributed by atoms with Crippen molar-refractivity contribution in [3.05, 3.63) is 59.9 Å². The molecule has 0 atom stereocenters. The fourth-order valence-corrected chi connectivity index (χ4v) is 4.06. The SMILES string of the molecule is CCNC(=NCc1ncc(-c2ccccc2)o1)N1CCN(c2cccs2)CC1.I. The number of aliphatic imine (C=N–C) groups is 1. The van der Waals surface area contributed by atoms with E-state index < -0.39 is 0 Å². The zero-order chi connectivity index (χ0) is 19.2. The maximum absolute atomic E-state index is 5.88. The van der Waals surface area contributed by atoms with Crippen LogP contribution in [0.4, 0.5) is 5.00 Å². The van der Waals surface area contributed by atoms with Crippen molar-refractivity contribution in [1.29, 1.82) is 0 Å². The van der Waals surface area contributed by atoms with Crippen LogP contribution in [-0.4, -0.2) is 48.6 Å². The van der Waals surface area contributed by atoms with E-state index in [2.05, 4.69) is 44.5 Å². The van der Waals surface area contributed by atoms with E-state index in [0.717, 1.165) is 50.0 Å². The molecule has 1 aliphatic rings. The van der Waals surface area contributed by atoms with Gasteiger partial charge in [0, 0.05) is 38.3 Å². The van der Waals surface area contributed by atoms with Crippen molar-refractivity contribution in [2.24, 2.45) is 4.99 Å². The van der Waals surface area contributed by atoms with Gasteiger partial charge in [-0.2, -0.15) is 0 Å². The minimum atomic E-state index is 0. The number of piperazine rings is 1. The largest absolute Gasteiger partial charge is 0.439 e. The fourth-order valence-electron chi connectivity index (χ4n) is 3.28. The molecule has 1 saturated heterocycles. The number of nitrogens with one attached hydrogen (secondary N) is 1. The normalized spacial score (nSPS) is 14.6. The molecule has 0 amide bonds. The van der Waals surface area contributed by atoms with Gasteiger partial charge in [0.05, 0.1) is 11.2 Å². The molecule has 3 heterocycles. The first kappa shape index (κ1) is 21.6. The van der Waals surface area contributed by atoms with E-state index >= 15 is 0 Å². The average Bonchev–Trinajstić information content (AvgIpc) is 3.44. The minimum absolute atomic E-state index is 0. The van der Waals surface area contributed by atoms with Crippen LogP contribution in [-0.2, 0) is 6.54 Å². The lowest BCUT2D eigenvalue weighted by atomic mass is 10.2. The zero-order valence-electron chi connectivity index (χ0n) is 16.5. The van der Waals surface area contributed by atoms with Gasteiger partial charge in [-0.1, -0.05) is 30.3 Å². The van der Waals surface area contributed by atoms with Gasteiger partial charge >= 0.3 is 0 Å².